The lowest BCUT2D eigenvalue weighted by Crippen LogP contribution is -2.50. The van der Waals surface area contributed by atoms with Crippen molar-refractivity contribution in [2.45, 2.75) is 12.8 Å². The van der Waals surface area contributed by atoms with E-state index in [0.717, 1.165) is 61.4 Å². The van der Waals surface area contributed by atoms with Gasteiger partial charge >= 0.3 is 0 Å². The highest BCUT2D eigenvalue weighted by molar-refractivity contribution is 14.1. The highest BCUT2D eigenvalue weighted by Crippen LogP contribution is 2.16. The van der Waals surface area contributed by atoms with Crippen molar-refractivity contribution in [1.82, 2.24) is 14.7 Å². The van der Waals surface area contributed by atoms with Crippen LogP contribution in [0.5, 0.6) is 0 Å². The molecule has 0 aromatic heterocycles. The van der Waals surface area contributed by atoms with Crippen LogP contribution in [0.25, 0.3) is 0 Å². The van der Waals surface area contributed by atoms with Crippen molar-refractivity contribution < 1.29 is 9.59 Å². The van der Waals surface area contributed by atoms with Crippen molar-refractivity contribution in [2.75, 3.05) is 45.8 Å². The molecule has 124 valence electrons. The molecule has 2 fully saturated rings. The van der Waals surface area contributed by atoms with Gasteiger partial charge in [0, 0.05) is 55.8 Å². The second-order valence-electron chi connectivity index (χ2n) is 6.10. The summed E-state index contributed by atoms with van der Waals surface area (Å²) in [5.41, 5.74) is 0.796. The second-order valence-corrected chi connectivity index (χ2v) is 7.26. The maximum Gasteiger partial charge on any atom is 0.255 e. The van der Waals surface area contributed by atoms with Crippen LogP contribution in [-0.4, -0.2) is 72.3 Å². The molecule has 3 rings (SSSR count). The van der Waals surface area contributed by atoms with E-state index in [9.17, 15) is 9.59 Å². The predicted octanol–water partition coefficient (Wildman–Crippen LogP) is 1.67. The zero-order valence-electron chi connectivity index (χ0n) is 13.2. The summed E-state index contributed by atoms with van der Waals surface area (Å²) in [5, 5.41) is 0. The Balaban J connectivity index is 1.47. The van der Waals surface area contributed by atoms with E-state index in [1.165, 1.54) is 0 Å². The molecule has 23 heavy (non-hydrogen) atoms. The number of benzene rings is 1. The van der Waals surface area contributed by atoms with Gasteiger partial charge in [-0.1, -0.05) is 12.1 Å². The molecule has 0 atom stereocenters. The van der Waals surface area contributed by atoms with Gasteiger partial charge < -0.3 is 9.80 Å². The Morgan fingerprint density at radius 3 is 2.43 bits per heavy atom. The van der Waals surface area contributed by atoms with E-state index in [-0.39, 0.29) is 11.8 Å². The summed E-state index contributed by atoms with van der Waals surface area (Å²) in [7, 11) is 0. The van der Waals surface area contributed by atoms with Gasteiger partial charge in [-0.25, -0.2) is 0 Å². The van der Waals surface area contributed by atoms with Crippen molar-refractivity contribution in [1.29, 1.82) is 0 Å². The summed E-state index contributed by atoms with van der Waals surface area (Å²) in [4.78, 5) is 30.5. The van der Waals surface area contributed by atoms with Gasteiger partial charge in [-0.05, 0) is 41.1 Å². The number of nitrogens with zero attached hydrogens (tertiary/aromatic N) is 3. The second kappa shape index (κ2) is 7.61. The van der Waals surface area contributed by atoms with Crippen LogP contribution in [0.4, 0.5) is 0 Å². The topological polar surface area (TPSA) is 43.9 Å². The first-order valence-corrected chi connectivity index (χ1v) is 9.27. The maximum atomic E-state index is 12.6. The van der Waals surface area contributed by atoms with Gasteiger partial charge in [0.25, 0.3) is 5.91 Å². The van der Waals surface area contributed by atoms with E-state index in [0.29, 0.717) is 6.42 Å². The summed E-state index contributed by atoms with van der Waals surface area (Å²) in [6.07, 6.45) is 1.70. The first-order valence-electron chi connectivity index (χ1n) is 8.19. The third kappa shape index (κ3) is 4.03. The molecule has 0 N–H and O–H groups in total. The molecule has 2 amide bonds. The maximum absolute atomic E-state index is 12.6. The largest absolute Gasteiger partial charge is 0.341 e. The van der Waals surface area contributed by atoms with Gasteiger partial charge in [0.15, 0.2) is 0 Å². The number of carbonyl (C=O) groups is 2. The Hall–Kier alpha value is -1.15. The zero-order chi connectivity index (χ0) is 16.2. The normalized spacial score (nSPS) is 19.4. The van der Waals surface area contributed by atoms with Crippen LogP contribution in [0.15, 0.2) is 24.3 Å². The molecule has 0 radical (unpaired) electrons. The minimum absolute atomic E-state index is 0.129. The molecule has 6 heteroatoms. The average molecular weight is 427 g/mol. The molecule has 0 bridgehead atoms. The Morgan fingerprint density at radius 1 is 1.04 bits per heavy atom. The van der Waals surface area contributed by atoms with Crippen molar-refractivity contribution in [3.63, 3.8) is 0 Å². The van der Waals surface area contributed by atoms with E-state index < -0.39 is 0 Å². The minimum atomic E-state index is 0.129. The third-order valence-corrected chi connectivity index (χ3v) is 5.56. The van der Waals surface area contributed by atoms with Gasteiger partial charge in [-0.2, -0.15) is 0 Å². The number of hydrogen-bond donors (Lipinski definition) is 0. The summed E-state index contributed by atoms with van der Waals surface area (Å²) in [5.74, 6) is 0.418. The Kier molecular flexibility index (Phi) is 5.53. The fraction of sp³-hybridized carbons (Fsp3) is 0.529. The van der Waals surface area contributed by atoms with Gasteiger partial charge in [-0.3, -0.25) is 14.5 Å². The van der Waals surface area contributed by atoms with E-state index in [2.05, 4.69) is 27.5 Å². The van der Waals surface area contributed by atoms with Gasteiger partial charge in [0.2, 0.25) is 5.91 Å². The Bertz CT molecular complexity index is 585. The van der Waals surface area contributed by atoms with Crippen molar-refractivity contribution in [3.8, 4) is 0 Å². The van der Waals surface area contributed by atoms with Crippen molar-refractivity contribution >= 4 is 34.4 Å². The highest BCUT2D eigenvalue weighted by Gasteiger charge is 2.25. The smallest absolute Gasteiger partial charge is 0.255 e. The summed E-state index contributed by atoms with van der Waals surface area (Å²) < 4.78 is 1.00. The van der Waals surface area contributed by atoms with Crippen LogP contribution in [0, 0.1) is 3.57 Å². The molecule has 1 aromatic carbocycles. The van der Waals surface area contributed by atoms with Crippen LogP contribution < -0.4 is 0 Å². The first kappa shape index (κ1) is 16.7. The molecule has 0 spiro atoms. The summed E-state index contributed by atoms with van der Waals surface area (Å²) >= 11 is 2.22. The molecule has 0 aliphatic carbocycles. The Labute approximate surface area is 150 Å². The fourth-order valence-electron chi connectivity index (χ4n) is 3.18. The number of piperazine rings is 1. The number of halogens is 1. The molecule has 2 heterocycles. The molecule has 2 aliphatic rings. The monoisotopic (exact) mass is 427 g/mol. The van der Waals surface area contributed by atoms with Gasteiger partial charge in [-0.15, -0.1) is 0 Å². The van der Waals surface area contributed by atoms with Gasteiger partial charge in [0.05, 0.1) is 5.56 Å². The van der Waals surface area contributed by atoms with Crippen LogP contribution in [-0.2, 0) is 4.79 Å². The molecule has 0 saturated carbocycles. The average Bonchev–Trinajstić information content (AvgIpc) is 2.98. The summed E-state index contributed by atoms with van der Waals surface area (Å²) in [6, 6.07) is 7.74. The quantitative estimate of drug-likeness (QED) is 0.687. The lowest BCUT2D eigenvalue weighted by Gasteiger charge is -2.35. The number of carbonyl (C=O) groups excluding carboxylic acids is 2. The third-order valence-electron chi connectivity index (χ3n) is 4.62. The predicted molar refractivity (Wildman–Crippen MR) is 97.3 cm³/mol. The van der Waals surface area contributed by atoms with E-state index >= 15 is 0 Å². The van der Waals surface area contributed by atoms with Crippen LogP contribution in [0.3, 0.4) is 0 Å². The minimum Gasteiger partial charge on any atom is -0.341 e. The standard InChI is InChI=1S/C17H22IN3O2/c18-15-5-2-1-4-14(15)17(23)21-12-9-19(10-13-21)8-11-20-7-3-6-16(20)22/h1-2,4-5H,3,6-13H2. The molecular formula is C17H22IN3O2. The Morgan fingerprint density at radius 2 is 1.78 bits per heavy atom. The fourth-order valence-corrected chi connectivity index (χ4v) is 3.80. The first-order chi connectivity index (χ1) is 11.1. The van der Waals surface area contributed by atoms with Crippen LogP contribution in [0.2, 0.25) is 0 Å². The highest BCUT2D eigenvalue weighted by atomic mass is 127. The molecule has 2 saturated heterocycles. The number of likely N-dealkylation sites (tertiary alicyclic amines) is 1. The van der Waals surface area contributed by atoms with Gasteiger partial charge in [0.1, 0.15) is 0 Å². The molecule has 5 nitrogen and oxygen atoms in total. The van der Waals surface area contributed by atoms with E-state index in [1.807, 2.05) is 34.1 Å². The van der Waals surface area contributed by atoms with Crippen molar-refractivity contribution in [2.24, 2.45) is 0 Å². The number of rotatable bonds is 4. The lowest BCUT2D eigenvalue weighted by molar-refractivity contribution is -0.127. The lowest BCUT2D eigenvalue weighted by atomic mass is 10.2. The molecular weight excluding hydrogens is 405 g/mol. The molecule has 2 aliphatic heterocycles. The van der Waals surface area contributed by atoms with Crippen LogP contribution in [0.1, 0.15) is 23.2 Å². The number of amides is 2. The van der Waals surface area contributed by atoms with E-state index in [1.54, 1.807) is 0 Å². The van der Waals surface area contributed by atoms with Crippen LogP contribution >= 0.6 is 22.6 Å². The van der Waals surface area contributed by atoms with Crippen molar-refractivity contribution in [3.05, 3.63) is 33.4 Å². The summed E-state index contributed by atoms with van der Waals surface area (Å²) in [6.45, 7) is 5.94. The molecule has 1 aromatic rings. The van der Waals surface area contributed by atoms with E-state index in [4.69, 9.17) is 0 Å². The molecule has 0 unspecified atom stereocenters. The zero-order valence-corrected chi connectivity index (χ0v) is 15.4. The number of hydrogen-bond acceptors (Lipinski definition) is 3. The SMILES string of the molecule is O=C1CCCN1CCN1CCN(C(=O)c2ccccc2I)CC1.